The van der Waals surface area contributed by atoms with E-state index in [0.717, 1.165) is 11.8 Å². The lowest BCUT2D eigenvalue weighted by Gasteiger charge is -2.31. The predicted molar refractivity (Wildman–Crippen MR) is 153 cm³/mol. The molecule has 3 aromatic carbocycles. The Balaban J connectivity index is 1.61. The van der Waals surface area contributed by atoms with E-state index in [1.165, 1.54) is 24.5 Å². The lowest BCUT2D eigenvalue weighted by Crippen LogP contribution is -2.23. The monoisotopic (exact) mass is 551 g/mol. The van der Waals surface area contributed by atoms with Crippen LogP contribution in [0.1, 0.15) is 55.3 Å². The highest BCUT2D eigenvalue weighted by Crippen LogP contribution is 2.46. The van der Waals surface area contributed by atoms with Crippen molar-refractivity contribution >= 4 is 28.7 Å². The summed E-state index contributed by atoms with van der Waals surface area (Å²) in [6, 6.07) is 17.5. The molecule has 0 bridgehead atoms. The highest BCUT2D eigenvalue weighted by atomic mass is 19.1. The molecule has 6 rings (SSSR count). The first-order valence-electron chi connectivity index (χ1n) is 13.3. The number of carbonyl (C=O) groups is 1. The molecule has 0 fully saturated rings. The first-order chi connectivity index (χ1) is 19.8. The number of para-hydroxylation sites is 1. The van der Waals surface area contributed by atoms with Crippen LogP contribution in [0.25, 0.3) is 27.9 Å². The number of rotatable bonds is 6. The Morgan fingerprint density at radius 3 is 2.56 bits per heavy atom. The molecular formula is C32H27F2N5O2. The smallest absolute Gasteiger partial charge is 0.164 e. The van der Waals surface area contributed by atoms with Crippen LogP contribution < -0.4 is 10.5 Å². The zero-order valence-corrected chi connectivity index (χ0v) is 22.7. The second-order valence-electron chi connectivity index (χ2n) is 10.4. The van der Waals surface area contributed by atoms with Gasteiger partial charge in [-0.15, -0.1) is 0 Å². The second-order valence-corrected chi connectivity index (χ2v) is 10.4. The highest BCUT2D eigenvalue weighted by Gasteiger charge is 2.35. The Kier molecular flexibility index (Phi) is 6.57. The van der Waals surface area contributed by atoms with Crippen molar-refractivity contribution in [1.82, 2.24) is 19.7 Å². The number of hydrogen-bond acceptors (Lipinski definition) is 6. The number of fused-ring (bicyclic) bond motifs is 2. The van der Waals surface area contributed by atoms with Gasteiger partial charge in [-0.2, -0.15) is 5.10 Å². The summed E-state index contributed by atoms with van der Waals surface area (Å²) in [5.74, 6) is -0.425. The molecule has 206 valence electrons. The second kappa shape index (κ2) is 10.2. The molecule has 2 unspecified atom stereocenters. The Hall–Kier alpha value is -4.92. The highest BCUT2D eigenvalue weighted by molar-refractivity contribution is 5.98. The van der Waals surface area contributed by atoms with Gasteiger partial charge in [-0.05, 0) is 54.3 Å². The number of halogens is 2. The molecule has 0 radical (unpaired) electrons. The van der Waals surface area contributed by atoms with Gasteiger partial charge < -0.3 is 15.3 Å². The molecule has 2 atom stereocenters. The van der Waals surface area contributed by atoms with Crippen molar-refractivity contribution in [3.63, 3.8) is 0 Å². The van der Waals surface area contributed by atoms with Crippen molar-refractivity contribution in [3.8, 4) is 17.0 Å². The van der Waals surface area contributed by atoms with Crippen molar-refractivity contribution in [3.05, 3.63) is 107 Å². The Bertz CT molecular complexity index is 1850. The van der Waals surface area contributed by atoms with E-state index in [-0.39, 0.29) is 17.3 Å². The number of aldehydes is 1. The van der Waals surface area contributed by atoms with Crippen molar-refractivity contribution < 1.29 is 18.3 Å². The minimum atomic E-state index is -0.722. The van der Waals surface area contributed by atoms with Gasteiger partial charge in [0.25, 0.3) is 0 Å². The largest absolute Gasteiger partial charge is 0.459 e. The molecule has 3 heterocycles. The molecule has 2 aromatic heterocycles. The molecule has 1 aliphatic heterocycles. The number of hydrogen-bond donors (Lipinski definition) is 1. The summed E-state index contributed by atoms with van der Waals surface area (Å²) < 4.78 is 37.8. The number of allylic oxidation sites excluding steroid dienone is 2. The summed E-state index contributed by atoms with van der Waals surface area (Å²) in [6.45, 7) is 5.88. The number of nitrogen functional groups attached to an aromatic ring is 1. The summed E-state index contributed by atoms with van der Waals surface area (Å²) in [4.78, 5) is 21.2. The Morgan fingerprint density at radius 2 is 1.80 bits per heavy atom. The van der Waals surface area contributed by atoms with E-state index in [1.807, 2.05) is 39.0 Å². The fourth-order valence-corrected chi connectivity index (χ4v) is 5.39. The van der Waals surface area contributed by atoms with E-state index in [1.54, 1.807) is 35.0 Å². The SMILES string of the molecule is CC(C)c1ccc(F)c(-c2nn(C(C)C3=C(c4cccc(F)c4)C(C=O)c4ccccc4O3)c3ncnc(N)c23)c1. The van der Waals surface area contributed by atoms with Gasteiger partial charge in [0.05, 0.1) is 11.3 Å². The van der Waals surface area contributed by atoms with Gasteiger partial charge in [-0.25, -0.2) is 23.4 Å². The fourth-order valence-electron chi connectivity index (χ4n) is 5.39. The molecule has 1 aliphatic rings. The number of benzene rings is 3. The van der Waals surface area contributed by atoms with Crippen LogP contribution in [-0.2, 0) is 4.79 Å². The van der Waals surface area contributed by atoms with Gasteiger partial charge in [0.1, 0.15) is 53.3 Å². The van der Waals surface area contributed by atoms with E-state index >= 15 is 4.39 Å². The summed E-state index contributed by atoms with van der Waals surface area (Å²) in [6.07, 6.45) is 2.15. The standard InChI is InChI=1S/C32H27F2N5O2/c1-17(2)19-11-12-25(34)23(14-19)29-28-31(35)36-16-37-32(28)39(38-29)18(3)30-27(20-7-6-8-21(33)13-20)24(15-40)22-9-4-5-10-26(22)41-30/h4-18,24H,1-3H3,(H2,35,36,37). The first-order valence-corrected chi connectivity index (χ1v) is 13.3. The average molecular weight is 552 g/mol. The van der Waals surface area contributed by atoms with E-state index in [2.05, 4.69) is 9.97 Å². The maximum atomic E-state index is 15.3. The minimum absolute atomic E-state index is 0.151. The molecule has 0 saturated carbocycles. The normalized spacial score (nSPS) is 15.6. The number of nitrogens with zero attached hydrogens (tertiary/aromatic N) is 4. The van der Waals surface area contributed by atoms with Gasteiger partial charge in [0.2, 0.25) is 0 Å². The maximum absolute atomic E-state index is 15.3. The van der Waals surface area contributed by atoms with Crippen molar-refractivity contribution in [2.75, 3.05) is 5.73 Å². The zero-order chi connectivity index (χ0) is 28.8. The summed E-state index contributed by atoms with van der Waals surface area (Å²) in [7, 11) is 0. The summed E-state index contributed by atoms with van der Waals surface area (Å²) in [5.41, 5.74) is 9.86. The van der Waals surface area contributed by atoms with Crippen molar-refractivity contribution in [2.45, 2.75) is 38.6 Å². The molecule has 41 heavy (non-hydrogen) atoms. The molecule has 0 aliphatic carbocycles. The molecule has 5 aromatic rings. The zero-order valence-electron chi connectivity index (χ0n) is 22.7. The quantitative estimate of drug-likeness (QED) is 0.233. The summed E-state index contributed by atoms with van der Waals surface area (Å²) in [5, 5.41) is 5.23. The van der Waals surface area contributed by atoms with Crippen molar-refractivity contribution in [2.24, 2.45) is 0 Å². The first kappa shape index (κ1) is 26.3. The van der Waals surface area contributed by atoms with Crippen LogP contribution in [0, 0.1) is 11.6 Å². The summed E-state index contributed by atoms with van der Waals surface area (Å²) >= 11 is 0. The van der Waals surface area contributed by atoms with Crippen LogP contribution in [0.3, 0.4) is 0 Å². The number of aromatic nitrogens is 4. The van der Waals surface area contributed by atoms with Crippen LogP contribution in [0.2, 0.25) is 0 Å². The Labute approximate surface area is 235 Å². The molecule has 2 N–H and O–H groups in total. The number of ether oxygens (including phenoxy) is 1. The van der Waals surface area contributed by atoms with Gasteiger partial charge in [-0.3, -0.25) is 0 Å². The van der Waals surface area contributed by atoms with Gasteiger partial charge in [0, 0.05) is 16.7 Å². The van der Waals surface area contributed by atoms with Crippen LogP contribution in [0.4, 0.5) is 14.6 Å². The van der Waals surface area contributed by atoms with Gasteiger partial charge in [0.15, 0.2) is 5.65 Å². The third-order valence-corrected chi connectivity index (χ3v) is 7.50. The molecular weight excluding hydrogens is 524 g/mol. The molecule has 0 amide bonds. The average Bonchev–Trinajstić information content (AvgIpc) is 3.36. The lowest BCUT2D eigenvalue weighted by molar-refractivity contribution is -0.108. The molecule has 7 nitrogen and oxygen atoms in total. The molecule has 9 heteroatoms. The van der Waals surface area contributed by atoms with Gasteiger partial charge >= 0.3 is 0 Å². The molecule has 0 spiro atoms. The van der Waals surface area contributed by atoms with Crippen LogP contribution in [0.15, 0.2) is 78.8 Å². The predicted octanol–water partition coefficient (Wildman–Crippen LogP) is 6.82. The van der Waals surface area contributed by atoms with Gasteiger partial charge in [-0.1, -0.05) is 50.2 Å². The van der Waals surface area contributed by atoms with Crippen LogP contribution >= 0.6 is 0 Å². The third kappa shape index (κ3) is 4.43. The van der Waals surface area contributed by atoms with E-state index in [4.69, 9.17) is 15.6 Å². The van der Waals surface area contributed by atoms with Crippen LogP contribution in [0.5, 0.6) is 5.75 Å². The minimum Gasteiger partial charge on any atom is -0.459 e. The van der Waals surface area contributed by atoms with E-state index in [9.17, 15) is 9.18 Å². The van der Waals surface area contributed by atoms with Crippen molar-refractivity contribution in [1.29, 1.82) is 0 Å². The lowest BCUT2D eigenvalue weighted by atomic mass is 9.83. The number of nitrogens with two attached hydrogens (primary N) is 1. The van der Waals surface area contributed by atoms with E-state index in [0.29, 0.717) is 44.9 Å². The molecule has 0 saturated heterocycles. The maximum Gasteiger partial charge on any atom is 0.164 e. The Morgan fingerprint density at radius 1 is 1.00 bits per heavy atom. The number of carbonyl (C=O) groups excluding carboxylic acids is 1. The van der Waals surface area contributed by atoms with E-state index < -0.39 is 23.6 Å². The third-order valence-electron chi connectivity index (χ3n) is 7.50. The topological polar surface area (TPSA) is 95.9 Å². The van der Waals surface area contributed by atoms with Crippen LogP contribution in [-0.4, -0.2) is 26.0 Å². The fraction of sp³-hybridized carbons (Fsp3) is 0.188. The number of anilines is 1.